The molecule has 0 aliphatic carbocycles. The molecule has 0 atom stereocenters. The molecule has 1 aromatic carbocycles. The molecule has 3 nitrogen and oxygen atoms in total. The van der Waals surface area contributed by atoms with Crippen LogP contribution in [0.1, 0.15) is 17.0 Å². The van der Waals surface area contributed by atoms with E-state index in [9.17, 15) is 0 Å². The van der Waals surface area contributed by atoms with Crippen LogP contribution in [-0.2, 0) is 6.54 Å². The first kappa shape index (κ1) is 14.1. The molecule has 6 heteroatoms. The van der Waals surface area contributed by atoms with Crippen molar-refractivity contribution in [3.05, 3.63) is 42.6 Å². The summed E-state index contributed by atoms with van der Waals surface area (Å²) in [5.41, 5.74) is 3.03. The van der Waals surface area contributed by atoms with Gasteiger partial charge in [0.15, 0.2) is 0 Å². The Morgan fingerprint density at radius 1 is 1.17 bits per heavy atom. The normalized spacial score (nSPS) is 10.7. The van der Waals surface area contributed by atoms with E-state index in [0.29, 0.717) is 6.54 Å². The first-order chi connectivity index (χ1) is 8.49. The first-order valence-electron chi connectivity index (χ1n) is 5.29. The molecule has 18 heavy (non-hydrogen) atoms. The third-order valence-electron chi connectivity index (χ3n) is 2.63. The second-order valence-corrected chi connectivity index (χ2v) is 6.53. The number of aryl methyl sites for hydroxylation is 2. The van der Waals surface area contributed by atoms with Crippen LogP contribution in [0.25, 0.3) is 0 Å². The van der Waals surface area contributed by atoms with Crippen molar-refractivity contribution in [2.24, 2.45) is 0 Å². The van der Waals surface area contributed by atoms with Crippen molar-refractivity contribution in [1.82, 2.24) is 5.16 Å². The van der Waals surface area contributed by atoms with Gasteiger partial charge in [-0.15, -0.1) is 0 Å². The van der Waals surface area contributed by atoms with Gasteiger partial charge in [0, 0.05) is 25.5 Å². The van der Waals surface area contributed by atoms with Gasteiger partial charge in [0.25, 0.3) is 0 Å². The van der Waals surface area contributed by atoms with Crippen molar-refractivity contribution >= 4 is 53.5 Å². The van der Waals surface area contributed by atoms with Crippen LogP contribution < -0.4 is 5.32 Å². The molecular formula is C12H11Br3N2O. The number of benzene rings is 1. The molecule has 0 spiro atoms. The number of anilines is 1. The van der Waals surface area contributed by atoms with Crippen LogP contribution in [0.5, 0.6) is 0 Å². The van der Waals surface area contributed by atoms with E-state index in [-0.39, 0.29) is 0 Å². The van der Waals surface area contributed by atoms with Crippen molar-refractivity contribution in [1.29, 1.82) is 0 Å². The molecule has 0 unspecified atom stereocenters. The molecule has 0 radical (unpaired) electrons. The van der Waals surface area contributed by atoms with E-state index in [1.807, 2.05) is 26.0 Å². The molecule has 0 saturated carbocycles. The van der Waals surface area contributed by atoms with Gasteiger partial charge in [0.1, 0.15) is 5.76 Å². The minimum atomic E-state index is 0.681. The molecule has 0 aliphatic rings. The fraction of sp³-hybridized carbons (Fsp3) is 0.250. The molecular weight excluding hydrogens is 428 g/mol. The highest BCUT2D eigenvalue weighted by Crippen LogP contribution is 2.34. The van der Waals surface area contributed by atoms with Gasteiger partial charge in [-0.05, 0) is 57.8 Å². The number of nitrogens with one attached hydrogen (secondary N) is 1. The highest BCUT2D eigenvalue weighted by atomic mass is 79.9. The summed E-state index contributed by atoms with van der Waals surface area (Å²) in [4.78, 5) is 0. The average molecular weight is 439 g/mol. The topological polar surface area (TPSA) is 38.1 Å². The van der Waals surface area contributed by atoms with E-state index in [2.05, 4.69) is 58.3 Å². The monoisotopic (exact) mass is 436 g/mol. The maximum atomic E-state index is 5.14. The third kappa shape index (κ3) is 2.97. The lowest BCUT2D eigenvalue weighted by Gasteiger charge is -2.11. The number of rotatable bonds is 3. The summed E-state index contributed by atoms with van der Waals surface area (Å²) in [6.07, 6.45) is 0. The van der Waals surface area contributed by atoms with Gasteiger partial charge in [0.2, 0.25) is 0 Å². The fourth-order valence-corrected chi connectivity index (χ4v) is 4.18. The number of hydrogen-bond acceptors (Lipinski definition) is 3. The van der Waals surface area contributed by atoms with Crippen LogP contribution in [0.2, 0.25) is 0 Å². The van der Waals surface area contributed by atoms with E-state index < -0.39 is 0 Å². The predicted molar refractivity (Wildman–Crippen MR) is 82.8 cm³/mol. The number of hydrogen-bond donors (Lipinski definition) is 1. The Labute approximate surface area is 131 Å². The summed E-state index contributed by atoms with van der Waals surface area (Å²) in [6, 6.07) is 4.00. The van der Waals surface area contributed by atoms with Crippen molar-refractivity contribution in [3.63, 3.8) is 0 Å². The molecule has 1 N–H and O–H groups in total. The summed E-state index contributed by atoms with van der Waals surface area (Å²) in [5.74, 6) is 0.851. The van der Waals surface area contributed by atoms with Crippen LogP contribution in [-0.4, -0.2) is 5.16 Å². The molecule has 1 aromatic heterocycles. The number of aromatic nitrogens is 1. The fourth-order valence-electron chi connectivity index (χ4n) is 1.64. The van der Waals surface area contributed by atoms with Gasteiger partial charge in [-0.2, -0.15) is 0 Å². The standard InChI is InChI=1S/C12H11Br3N2O/c1-6-9(7(2)18-17-6)5-16-12-10(14)3-8(13)4-11(12)15/h3-4,16H,5H2,1-2H3. The lowest BCUT2D eigenvalue weighted by molar-refractivity contribution is 0.392. The zero-order valence-electron chi connectivity index (χ0n) is 9.85. The molecule has 2 aromatic rings. The van der Waals surface area contributed by atoms with E-state index in [1.54, 1.807) is 0 Å². The van der Waals surface area contributed by atoms with Gasteiger partial charge in [-0.3, -0.25) is 0 Å². The molecule has 0 saturated heterocycles. The van der Waals surface area contributed by atoms with Crippen molar-refractivity contribution in [2.75, 3.05) is 5.32 Å². The van der Waals surface area contributed by atoms with E-state index in [4.69, 9.17) is 4.52 Å². The van der Waals surface area contributed by atoms with Crippen molar-refractivity contribution < 1.29 is 4.52 Å². The quantitative estimate of drug-likeness (QED) is 0.716. The van der Waals surface area contributed by atoms with E-state index in [1.165, 1.54) is 0 Å². The summed E-state index contributed by atoms with van der Waals surface area (Å²) >= 11 is 10.5. The first-order valence-corrected chi connectivity index (χ1v) is 7.67. The Morgan fingerprint density at radius 3 is 2.28 bits per heavy atom. The maximum Gasteiger partial charge on any atom is 0.138 e. The average Bonchev–Trinajstić information content (AvgIpc) is 2.58. The summed E-state index contributed by atoms with van der Waals surface area (Å²) in [6.45, 7) is 4.54. The molecule has 0 amide bonds. The second kappa shape index (κ2) is 5.75. The maximum absolute atomic E-state index is 5.14. The molecule has 2 rings (SSSR count). The Morgan fingerprint density at radius 2 is 1.78 bits per heavy atom. The van der Waals surface area contributed by atoms with Gasteiger partial charge in [-0.25, -0.2) is 0 Å². The van der Waals surface area contributed by atoms with Crippen LogP contribution in [0, 0.1) is 13.8 Å². The minimum absolute atomic E-state index is 0.681. The Bertz CT molecular complexity index is 538. The molecule has 1 heterocycles. The lowest BCUT2D eigenvalue weighted by Crippen LogP contribution is -2.02. The third-order valence-corrected chi connectivity index (χ3v) is 4.34. The largest absolute Gasteiger partial charge is 0.379 e. The SMILES string of the molecule is Cc1noc(C)c1CNc1c(Br)cc(Br)cc1Br. The molecule has 0 aliphatic heterocycles. The summed E-state index contributed by atoms with van der Waals surface area (Å²) in [7, 11) is 0. The Balaban J connectivity index is 2.21. The highest BCUT2D eigenvalue weighted by Gasteiger charge is 2.11. The van der Waals surface area contributed by atoms with Gasteiger partial charge >= 0.3 is 0 Å². The van der Waals surface area contributed by atoms with Crippen LogP contribution in [0.15, 0.2) is 30.1 Å². The molecule has 96 valence electrons. The van der Waals surface area contributed by atoms with Crippen molar-refractivity contribution in [3.8, 4) is 0 Å². The van der Waals surface area contributed by atoms with Crippen LogP contribution in [0.3, 0.4) is 0 Å². The summed E-state index contributed by atoms with van der Waals surface area (Å²) < 4.78 is 8.15. The summed E-state index contributed by atoms with van der Waals surface area (Å²) in [5, 5.41) is 7.32. The minimum Gasteiger partial charge on any atom is -0.379 e. The smallest absolute Gasteiger partial charge is 0.138 e. The molecule has 0 bridgehead atoms. The van der Waals surface area contributed by atoms with Gasteiger partial charge in [-0.1, -0.05) is 21.1 Å². The number of halogens is 3. The Hall–Kier alpha value is -0.330. The van der Waals surface area contributed by atoms with E-state index in [0.717, 1.165) is 36.1 Å². The van der Waals surface area contributed by atoms with E-state index >= 15 is 0 Å². The Kier molecular flexibility index (Phi) is 4.50. The highest BCUT2D eigenvalue weighted by molar-refractivity contribution is 9.11. The van der Waals surface area contributed by atoms with Crippen LogP contribution in [0.4, 0.5) is 5.69 Å². The zero-order valence-corrected chi connectivity index (χ0v) is 14.6. The van der Waals surface area contributed by atoms with Gasteiger partial charge in [0.05, 0.1) is 11.4 Å². The van der Waals surface area contributed by atoms with Gasteiger partial charge < -0.3 is 9.84 Å². The van der Waals surface area contributed by atoms with Crippen molar-refractivity contribution in [2.45, 2.75) is 20.4 Å². The predicted octanol–water partition coefficient (Wildman–Crippen LogP) is 5.19. The molecule has 0 fully saturated rings. The number of nitrogens with zero attached hydrogens (tertiary/aromatic N) is 1. The second-order valence-electron chi connectivity index (χ2n) is 3.90. The zero-order chi connectivity index (χ0) is 13.3. The lowest BCUT2D eigenvalue weighted by atomic mass is 10.2. The van der Waals surface area contributed by atoms with Crippen LogP contribution >= 0.6 is 47.8 Å².